The summed E-state index contributed by atoms with van der Waals surface area (Å²) in [4.78, 5) is 33.2. The fraction of sp³-hybridized carbons (Fsp3) is 0.366. The zero-order valence-electron chi connectivity index (χ0n) is 31.4. The number of aryl methyl sites for hydroxylation is 2. The number of carbonyl (C=O) groups is 2. The van der Waals surface area contributed by atoms with Gasteiger partial charge in [0, 0.05) is 40.1 Å². The van der Waals surface area contributed by atoms with Gasteiger partial charge in [-0.1, -0.05) is 90.1 Å². The number of aromatic nitrogens is 6. The molecule has 1 atom stereocenters. The lowest BCUT2D eigenvalue weighted by molar-refractivity contribution is -0.121. The van der Waals surface area contributed by atoms with Crippen molar-refractivity contribution in [2.24, 2.45) is 14.1 Å². The number of carbonyl (C=O) groups excluding carboxylic acids is 2. The minimum atomic E-state index is -0.146. The van der Waals surface area contributed by atoms with E-state index in [1.807, 2.05) is 77.5 Å². The Morgan fingerprint density at radius 3 is 1.92 bits per heavy atom. The van der Waals surface area contributed by atoms with Crippen molar-refractivity contribution in [2.75, 3.05) is 0 Å². The molecule has 0 spiro atoms. The van der Waals surface area contributed by atoms with Crippen LogP contribution >= 0.6 is 0 Å². The number of rotatable bonds is 10. The third-order valence-corrected chi connectivity index (χ3v) is 8.52. The fourth-order valence-electron chi connectivity index (χ4n) is 5.52. The fourth-order valence-corrected chi connectivity index (χ4v) is 5.52. The van der Waals surface area contributed by atoms with Crippen LogP contribution in [0.2, 0.25) is 0 Å². The molecule has 0 aliphatic carbocycles. The molecule has 0 bridgehead atoms. The summed E-state index contributed by atoms with van der Waals surface area (Å²) in [6.45, 7) is 15.0. The molecule has 2 aromatic carbocycles. The molecular weight excluding hydrogens is 637 g/mol. The molecule has 0 saturated carbocycles. The highest BCUT2D eigenvalue weighted by Gasteiger charge is 2.13. The van der Waals surface area contributed by atoms with Crippen LogP contribution in [0, 0.1) is 0 Å². The molecule has 272 valence electrons. The van der Waals surface area contributed by atoms with Crippen molar-refractivity contribution in [2.45, 2.75) is 85.7 Å². The van der Waals surface area contributed by atoms with Gasteiger partial charge >= 0.3 is 0 Å². The average molecular weight is 693 g/mol. The van der Waals surface area contributed by atoms with E-state index < -0.39 is 0 Å². The van der Waals surface area contributed by atoms with Gasteiger partial charge < -0.3 is 10.6 Å². The van der Waals surface area contributed by atoms with Crippen LogP contribution in [0.5, 0.6) is 0 Å². The predicted octanol–water partition coefficient (Wildman–Crippen LogP) is 7.98. The second kappa shape index (κ2) is 18.0. The first-order chi connectivity index (χ1) is 24.4. The maximum absolute atomic E-state index is 12.3. The highest BCUT2D eigenvalue weighted by atomic mass is 16.2. The summed E-state index contributed by atoms with van der Waals surface area (Å²) in [5, 5.41) is 16.5. The number of pyridine rings is 2. The molecule has 4 heterocycles. The van der Waals surface area contributed by atoms with Crippen LogP contribution in [-0.4, -0.2) is 41.3 Å². The molecule has 2 N–H and O–H groups in total. The van der Waals surface area contributed by atoms with Crippen molar-refractivity contribution in [3.63, 3.8) is 0 Å². The first-order valence-corrected chi connectivity index (χ1v) is 17.7. The van der Waals surface area contributed by atoms with E-state index in [1.165, 1.54) is 11.1 Å². The summed E-state index contributed by atoms with van der Waals surface area (Å²) < 4.78 is 3.57. The molecule has 0 aliphatic rings. The monoisotopic (exact) mass is 692 g/mol. The molecule has 10 heteroatoms. The first-order valence-electron chi connectivity index (χ1n) is 17.7. The summed E-state index contributed by atoms with van der Waals surface area (Å²) in [5.74, 6) is 0.995. The average Bonchev–Trinajstić information content (AvgIpc) is 3.69. The molecule has 0 unspecified atom stereocenters. The van der Waals surface area contributed by atoms with E-state index in [1.54, 1.807) is 28.0 Å². The quantitative estimate of drug-likeness (QED) is 0.150. The zero-order chi connectivity index (χ0) is 37.1. The normalized spacial score (nSPS) is 11.5. The molecule has 0 radical (unpaired) electrons. The van der Waals surface area contributed by atoms with Crippen molar-refractivity contribution in [3.05, 3.63) is 119 Å². The Hall–Kier alpha value is -5.38. The molecule has 6 rings (SSSR count). The van der Waals surface area contributed by atoms with Gasteiger partial charge in [-0.15, -0.1) is 0 Å². The number of hydrogen-bond acceptors (Lipinski definition) is 6. The van der Waals surface area contributed by atoms with Crippen LogP contribution in [0.4, 0.5) is 0 Å². The minimum absolute atomic E-state index is 0. The Kier molecular flexibility index (Phi) is 13.6. The Balaban J connectivity index is 0.000000338. The van der Waals surface area contributed by atoms with Crippen LogP contribution in [-0.2, 0) is 43.1 Å². The summed E-state index contributed by atoms with van der Waals surface area (Å²) in [6, 6.07) is 20.2. The van der Waals surface area contributed by atoms with Gasteiger partial charge in [-0.3, -0.25) is 28.9 Å². The maximum Gasteiger partial charge on any atom is 0.224 e. The second-order valence-electron chi connectivity index (χ2n) is 13.2. The van der Waals surface area contributed by atoms with Crippen molar-refractivity contribution in [3.8, 4) is 0 Å². The predicted molar refractivity (Wildman–Crippen MR) is 209 cm³/mol. The summed E-state index contributed by atoms with van der Waals surface area (Å²) in [5.41, 5.74) is 8.14. The summed E-state index contributed by atoms with van der Waals surface area (Å²) >= 11 is 0. The van der Waals surface area contributed by atoms with Gasteiger partial charge in [-0.25, -0.2) is 0 Å². The largest absolute Gasteiger partial charge is 0.350 e. The molecule has 10 nitrogen and oxygen atoms in total. The molecule has 0 saturated heterocycles. The first kappa shape index (κ1) is 38.4. The number of nitrogens with zero attached hydrogens (tertiary/aromatic N) is 6. The topological polar surface area (TPSA) is 120 Å². The van der Waals surface area contributed by atoms with E-state index >= 15 is 0 Å². The third-order valence-electron chi connectivity index (χ3n) is 8.52. The smallest absolute Gasteiger partial charge is 0.224 e. The Morgan fingerprint density at radius 2 is 1.33 bits per heavy atom. The van der Waals surface area contributed by atoms with Gasteiger partial charge in [0.2, 0.25) is 11.8 Å². The highest BCUT2D eigenvalue weighted by molar-refractivity contribution is 5.81. The third kappa shape index (κ3) is 10.8. The molecule has 51 heavy (non-hydrogen) atoms. The Labute approximate surface area is 304 Å². The number of fused-ring (bicyclic) bond motifs is 2. The van der Waals surface area contributed by atoms with Crippen LogP contribution in [0.25, 0.3) is 21.8 Å². The lowest BCUT2D eigenvalue weighted by atomic mass is 10.0. The van der Waals surface area contributed by atoms with Crippen molar-refractivity contribution in [1.29, 1.82) is 0 Å². The Bertz CT molecular complexity index is 2040. The van der Waals surface area contributed by atoms with Gasteiger partial charge in [0.25, 0.3) is 0 Å². The number of amides is 2. The summed E-state index contributed by atoms with van der Waals surface area (Å²) in [6.07, 6.45) is 8.02. The van der Waals surface area contributed by atoms with E-state index in [0.29, 0.717) is 31.2 Å². The molecule has 4 aromatic heterocycles. The van der Waals surface area contributed by atoms with Crippen molar-refractivity contribution in [1.82, 2.24) is 40.2 Å². The second-order valence-corrected chi connectivity index (χ2v) is 13.2. The van der Waals surface area contributed by atoms with Gasteiger partial charge in [-0.2, -0.15) is 10.2 Å². The molecule has 0 aliphatic heterocycles. The van der Waals surface area contributed by atoms with Crippen molar-refractivity contribution < 1.29 is 12.4 Å². The molecule has 2 amide bonds. The van der Waals surface area contributed by atoms with E-state index in [2.05, 4.69) is 82.8 Å². The maximum atomic E-state index is 12.3. The SMILES string of the molecule is CC.CC(C)c1ccc(CC(=O)NCc2cc3c(cn2)cnn3C)cc1.CC(C)c1ccc(CC(=O)N[C@H](C)c2cc3cn(C)nc3cn2)cc1.[HH].[HH]. The van der Waals surface area contributed by atoms with Crippen LogP contribution in [0.15, 0.2) is 85.5 Å². The Morgan fingerprint density at radius 1 is 0.745 bits per heavy atom. The lowest BCUT2D eigenvalue weighted by Gasteiger charge is -2.14. The minimum Gasteiger partial charge on any atom is -0.350 e. The molecule has 6 aromatic rings. The van der Waals surface area contributed by atoms with E-state index in [4.69, 9.17) is 0 Å². The van der Waals surface area contributed by atoms with Crippen LogP contribution in [0.3, 0.4) is 0 Å². The standard InChI is InChI=1S/C20H24N4O.C19H22N4O.C2H6.2H2/c1-13(2)16-7-5-15(6-8-16)9-20(25)22-14(3)18-10-17-12-24(4)23-19(17)11-21-18;1-13(2)15-6-4-14(5-7-15)8-19(24)21-12-17-9-18-16(10-20-17)11-22-23(18)3;1-2;;/h5-8,10-14H,9H2,1-4H3,(H,22,25);4-7,9-11,13H,8,12H2,1-3H3,(H,21,24);1-2H3;2*1H/t14-;;;;/m1..../s1. The molecule has 0 fully saturated rings. The van der Waals surface area contributed by atoms with Gasteiger partial charge in [-0.05, 0) is 53.1 Å². The number of benzene rings is 2. The number of nitrogens with one attached hydrogen (secondary N) is 2. The molecular formula is C41H56N8O2. The highest BCUT2D eigenvalue weighted by Crippen LogP contribution is 2.19. The van der Waals surface area contributed by atoms with Crippen LogP contribution in [0.1, 0.15) is 103 Å². The van der Waals surface area contributed by atoms with E-state index in [9.17, 15) is 9.59 Å². The van der Waals surface area contributed by atoms with E-state index in [-0.39, 0.29) is 20.7 Å². The lowest BCUT2D eigenvalue weighted by Crippen LogP contribution is -2.28. The van der Waals surface area contributed by atoms with Gasteiger partial charge in [0.1, 0.15) is 5.52 Å². The van der Waals surface area contributed by atoms with Crippen LogP contribution < -0.4 is 10.6 Å². The zero-order valence-corrected chi connectivity index (χ0v) is 31.4. The van der Waals surface area contributed by atoms with Gasteiger partial charge in [0.15, 0.2) is 0 Å². The van der Waals surface area contributed by atoms with Gasteiger partial charge in [0.05, 0.1) is 54.7 Å². The summed E-state index contributed by atoms with van der Waals surface area (Å²) in [7, 11) is 3.78. The van der Waals surface area contributed by atoms with Crippen molar-refractivity contribution >= 4 is 33.6 Å². The number of hydrogen-bond donors (Lipinski definition) is 2. The van der Waals surface area contributed by atoms with E-state index in [0.717, 1.165) is 44.3 Å².